The van der Waals surface area contributed by atoms with E-state index >= 15 is 0 Å². The summed E-state index contributed by atoms with van der Waals surface area (Å²) in [6.45, 7) is 4.92. The number of benzene rings is 1. The number of hydrogen-bond acceptors (Lipinski definition) is 2. The molecule has 0 amide bonds. The van der Waals surface area contributed by atoms with Crippen LogP contribution in [0, 0.1) is 11.7 Å². The Kier molecular flexibility index (Phi) is 5.20. The van der Waals surface area contributed by atoms with Crippen LogP contribution in [-0.2, 0) is 0 Å². The van der Waals surface area contributed by atoms with Gasteiger partial charge < -0.3 is 5.73 Å². The first-order chi connectivity index (χ1) is 9.15. The molecule has 0 spiro atoms. The molecule has 1 saturated heterocycles. The highest BCUT2D eigenvalue weighted by molar-refractivity contribution is 6.30. The van der Waals surface area contributed by atoms with Gasteiger partial charge in [0.25, 0.3) is 0 Å². The lowest BCUT2D eigenvalue weighted by atomic mass is 9.92. The second kappa shape index (κ2) is 6.69. The Morgan fingerprint density at radius 1 is 1.42 bits per heavy atom. The van der Waals surface area contributed by atoms with Crippen molar-refractivity contribution in [3.05, 3.63) is 34.6 Å². The van der Waals surface area contributed by atoms with Crippen LogP contribution in [-0.4, -0.2) is 24.5 Å². The average Bonchev–Trinajstić information content (AvgIpc) is 2.44. The fourth-order valence-corrected chi connectivity index (χ4v) is 3.08. The van der Waals surface area contributed by atoms with Gasteiger partial charge in [-0.15, -0.1) is 0 Å². The lowest BCUT2D eigenvalue weighted by Crippen LogP contribution is -2.39. The minimum Gasteiger partial charge on any atom is -0.329 e. The molecule has 106 valence electrons. The summed E-state index contributed by atoms with van der Waals surface area (Å²) >= 11 is 5.87. The van der Waals surface area contributed by atoms with E-state index in [9.17, 15) is 4.39 Å². The smallest absolute Gasteiger partial charge is 0.141 e. The largest absolute Gasteiger partial charge is 0.329 e. The molecule has 1 aromatic carbocycles. The second-order valence-corrected chi connectivity index (χ2v) is 5.72. The molecule has 2 rings (SSSR count). The van der Waals surface area contributed by atoms with E-state index in [4.69, 9.17) is 17.3 Å². The van der Waals surface area contributed by atoms with E-state index in [0.29, 0.717) is 6.54 Å². The Hall–Kier alpha value is -0.640. The zero-order valence-electron chi connectivity index (χ0n) is 11.4. The third-order valence-corrected chi connectivity index (χ3v) is 4.51. The monoisotopic (exact) mass is 284 g/mol. The highest BCUT2D eigenvalue weighted by Gasteiger charge is 2.24. The predicted octanol–water partition coefficient (Wildman–Crippen LogP) is 3.60. The Bertz CT molecular complexity index is 417. The van der Waals surface area contributed by atoms with Crippen LogP contribution in [0.2, 0.25) is 5.02 Å². The van der Waals surface area contributed by atoms with Gasteiger partial charge in [-0.3, -0.25) is 4.90 Å². The molecule has 0 radical (unpaired) electrons. The molecule has 1 aromatic rings. The molecule has 2 nitrogen and oxygen atoms in total. The number of rotatable bonds is 4. The Labute approximate surface area is 119 Å². The summed E-state index contributed by atoms with van der Waals surface area (Å²) in [4.78, 5) is 2.40. The normalized spacial score (nSPS) is 19.6. The van der Waals surface area contributed by atoms with Gasteiger partial charge in [0.15, 0.2) is 0 Å². The summed E-state index contributed by atoms with van der Waals surface area (Å²) in [5, 5.41) is 0.180. The van der Waals surface area contributed by atoms with E-state index in [1.165, 1.54) is 25.3 Å². The van der Waals surface area contributed by atoms with Gasteiger partial charge >= 0.3 is 0 Å². The van der Waals surface area contributed by atoms with Crippen molar-refractivity contribution in [2.75, 3.05) is 19.6 Å². The molecule has 0 bridgehead atoms. The van der Waals surface area contributed by atoms with Gasteiger partial charge in [0, 0.05) is 12.6 Å². The predicted molar refractivity (Wildman–Crippen MR) is 77.8 cm³/mol. The van der Waals surface area contributed by atoms with Crippen LogP contribution in [0.4, 0.5) is 4.39 Å². The lowest BCUT2D eigenvalue weighted by Gasteiger charge is -2.37. The van der Waals surface area contributed by atoms with Gasteiger partial charge in [0.05, 0.1) is 5.02 Å². The van der Waals surface area contributed by atoms with Crippen molar-refractivity contribution in [2.24, 2.45) is 11.7 Å². The van der Waals surface area contributed by atoms with Crippen LogP contribution in [0.5, 0.6) is 0 Å². The van der Waals surface area contributed by atoms with Crippen LogP contribution in [0.15, 0.2) is 18.2 Å². The number of halogens is 2. The molecule has 19 heavy (non-hydrogen) atoms. The van der Waals surface area contributed by atoms with Crippen molar-refractivity contribution in [2.45, 2.75) is 32.2 Å². The van der Waals surface area contributed by atoms with Gasteiger partial charge in [-0.2, -0.15) is 0 Å². The maximum Gasteiger partial charge on any atom is 0.141 e. The Morgan fingerprint density at radius 2 is 2.11 bits per heavy atom. The Morgan fingerprint density at radius 3 is 2.63 bits per heavy atom. The molecule has 1 atom stereocenters. The molecule has 1 fully saturated rings. The molecule has 0 saturated carbocycles. The van der Waals surface area contributed by atoms with Gasteiger partial charge in [-0.05, 0) is 49.5 Å². The van der Waals surface area contributed by atoms with Crippen LogP contribution >= 0.6 is 11.6 Å². The summed E-state index contributed by atoms with van der Waals surface area (Å²) in [5.74, 6) is 0.470. The maximum absolute atomic E-state index is 13.2. The van der Waals surface area contributed by atoms with Crippen LogP contribution in [0.25, 0.3) is 0 Å². The van der Waals surface area contributed by atoms with Crippen molar-refractivity contribution in [3.8, 4) is 0 Å². The third-order valence-electron chi connectivity index (χ3n) is 4.22. The molecule has 2 N–H and O–H groups in total. The van der Waals surface area contributed by atoms with Crippen molar-refractivity contribution in [1.82, 2.24) is 4.90 Å². The maximum atomic E-state index is 13.2. The van der Waals surface area contributed by atoms with Gasteiger partial charge in [0.2, 0.25) is 0 Å². The second-order valence-electron chi connectivity index (χ2n) is 5.31. The highest BCUT2D eigenvalue weighted by Crippen LogP contribution is 2.29. The van der Waals surface area contributed by atoms with Crippen LogP contribution in [0.1, 0.15) is 37.8 Å². The minimum absolute atomic E-state index is 0.149. The summed E-state index contributed by atoms with van der Waals surface area (Å²) in [5.41, 5.74) is 6.93. The fourth-order valence-electron chi connectivity index (χ4n) is 2.89. The zero-order chi connectivity index (χ0) is 13.8. The molecule has 0 aromatic heterocycles. The summed E-state index contributed by atoms with van der Waals surface area (Å²) in [6, 6.07) is 5.08. The fraction of sp³-hybridized carbons (Fsp3) is 0.600. The number of nitrogens with zero attached hydrogens (tertiary/aromatic N) is 1. The van der Waals surface area contributed by atoms with E-state index < -0.39 is 0 Å². The molecule has 4 heteroatoms. The highest BCUT2D eigenvalue weighted by atomic mass is 35.5. The quantitative estimate of drug-likeness (QED) is 0.915. The first-order valence-corrected chi connectivity index (χ1v) is 7.42. The summed E-state index contributed by atoms with van der Waals surface area (Å²) < 4.78 is 13.2. The molecule has 0 aliphatic carbocycles. The van der Waals surface area contributed by atoms with E-state index in [2.05, 4.69) is 11.8 Å². The summed E-state index contributed by atoms with van der Waals surface area (Å²) in [7, 11) is 0. The molecular weight excluding hydrogens is 263 g/mol. The first-order valence-electron chi connectivity index (χ1n) is 7.04. The van der Waals surface area contributed by atoms with Crippen molar-refractivity contribution < 1.29 is 4.39 Å². The molecule has 1 aliphatic rings. The van der Waals surface area contributed by atoms with E-state index in [1.54, 1.807) is 12.1 Å². The van der Waals surface area contributed by atoms with Crippen molar-refractivity contribution in [3.63, 3.8) is 0 Å². The SMILES string of the molecule is CCC1CCN(C(CN)c2ccc(F)c(Cl)c2)CC1. The lowest BCUT2D eigenvalue weighted by molar-refractivity contribution is 0.134. The average molecular weight is 285 g/mol. The number of piperidine rings is 1. The summed E-state index contributed by atoms with van der Waals surface area (Å²) in [6.07, 6.45) is 3.70. The first kappa shape index (κ1) is 14.8. The molecule has 1 unspecified atom stereocenters. The Balaban J connectivity index is 2.09. The molecule has 1 heterocycles. The van der Waals surface area contributed by atoms with E-state index in [-0.39, 0.29) is 16.9 Å². The number of nitrogens with two attached hydrogens (primary N) is 1. The topological polar surface area (TPSA) is 29.3 Å². The van der Waals surface area contributed by atoms with Gasteiger partial charge in [0.1, 0.15) is 5.82 Å². The van der Waals surface area contributed by atoms with Crippen LogP contribution < -0.4 is 5.73 Å². The number of hydrogen-bond donors (Lipinski definition) is 1. The molecular formula is C15H22ClFN2. The van der Waals surface area contributed by atoms with Gasteiger partial charge in [-0.25, -0.2) is 4.39 Å². The standard InChI is InChI=1S/C15H22ClFN2/c1-2-11-5-7-19(8-6-11)15(10-18)12-3-4-14(17)13(16)9-12/h3-4,9,11,15H,2,5-8,10,18H2,1H3. The minimum atomic E-state index is -0.370. The van der Waals surface area contributed by atoms with E-state index in [1.807, 2.05) is 0 Å². The van der Waals surface area contributed by atoms with Gasteiger partial charge in [-0.1, -0.05) is 31.0 Å². The number of likely N-dealkylation sites (tertiary alicyclic amines) is 1. The van der Waals surface area contributed by atoms with E-state index in [0.717, 1.165) is 24.6 Å². The zero-order valence-corrected chi connectivity index (χ0v) is 12.2. The molecule has 1 aliphatic heterocycles. The van der Waals surface area contributed by atoms with Crippen LogP contribution in [0.3, 0.4) is 0 Å². The van der Waals surface area contributed by atoms with Crippen molar-refractivity contribution in [1.29, 1.82) is 0 Å². The van der Waals surface area contributed by atoms with Crippen molar-refractivity contribution >= 4 is 11.6 Å². The third kappa shape index (κ3) is 3.47.